The molecule has 0 aliphatic rings. The number of benzene rings is 1. The van der Waals surface area contributed by atoms with Gasteiger partial charge in [-0.15, -0.1) is 10.2 Å². The molecule has 0 saturated carbocycles. The van der Waals surface area contributed by atoms with Gasteiger partial charge in [0.05, 0.1) is 10.4 Å². The smallest absolute Gasteiger partial charge is 0.164 e. The second-order valence-corrected chi connectivity index (χ2v) is 4.82. The summed E-state index contributed by atoms with van der Waals surface area (Å²) in [6.07, 6.45) is 0.959. The van der Waals surface area contributed by atoms with E-state index in [0.29, 0.717) is 16.7 Å². The van der Waals surface area contributed by atoms with E-state index < -0.39 is 5.82 Å². The van der Waals surface area contributed by atoms with Crippen molar-refractivity contribution in [2.45, 2.75) is 25.2 Å². The van der Waals surface area contributed by atoms with Gasteiger partial charge in [0.15, 0.2) is 5.82 Å². The first-order valence-electron chi connectivity index (χ1n) is 5.60. The van der Waals surface area contributed by atoms with Crippen molar-refractivity contribution in [3.8, 4) is 11.4 Å². The number of halogens is 3. The molecule has 2 rings (SSSR count). The Morgan fingerprint density at radius 2 is 2.17 bits per heavy atom. The maximum absolute atomic E-state index is 13.5. The van der Waals surface area contributed by atoms with Gasteiger partial charge in [-0.1, -0.05) is 34.5 Å². The minimum Gasteiger partial charge on any atom is -0.310 e. The quantitative estimate of drug-likeness (QED) is 0.791. The minimum atomic E-state index is -0.444. The first-order valence-corrected chi connectivity index (χ1v) is 7.10. The minimum absolute atomic E-state index is 0.112. The molecular formula is C12H12BrClFN3. The number of nitrogens with zero attached hydrogens (tertiary/aromatic N) is 3. The highest BCUT2D eigenvalue weighted by Gasteiger charge is 2.13. The molecule has 0 radical (unpaired) electrons. The largest absolute Gasteiger partial charge is 0.310 e. The lowest BCUT2D eigenvalue weighted by Gasteiger charge is -2.08. The van der Waals surface area contributed by atoms with Crippen LogP contribution in [0.3, 0.4) is 0 Å². The van der Waals surface area contributed by atoms with Crippen LogP contribution >= 0.6 is 27.5 Å². The molecule has 0 N–H and O–H groups in total. The van der Waals surface area contributed by atoms with Gasteiger partial charge in [0.25, 0.3) is 0 Å². The average molecular weight is 333 g/mol. The summed E-state index contributed by atoms with van der Waals surface area (Å²) in [5, 5.41) is 8.95. The molecule has 0 atom stereocenters. The van der Waals surface area contributed by atoms with E-state index in [0.717, 1.165) is 18.8 Å². The van der Waals surface area contributed by atoms with Crippen LogP contribution in [0.2, 0.25) is 5.02 Å². The van der Waals surface area contributed by atoms with Gasteiger partial charge in [-0.2, -0.15) is 0 Å². The fourth-order valence-electron chi connectivity index (χ4n) is 1.74. The Bertz CT molecular complexity index is 556. The van der Waals surface area contributed by atoms with Crippen LogP contribution in [0.15, 0.2) is 18.2 Å². The summed E-state index contributed by atoms with van der Waals surface area (Å²) in [6.45, 7) is 2.87. The molecule has 6 heteroatoms. The third kappa shape index (κ3) is 2.57. The van der Waals surface area contributed by atoms with Crippen LogP contribution in [0.5, 0.6) is 0 Å². The Hall–Kier alpha value is -0.940. The average Bonchev–Trinajstić information content (AvgIpc) is 2.76. The molecule has 0 fully saturated rings. The maximum atomic E-state index is 13.5. The van der Waals surface area contributed by atoms with Gasteiger partial charge in [0, 0.05) is 12.1 Å². The van der Waals surface area contributed by atoms with Crippen LogP contribution in [-0.2, 0) is 11.9 Å². The highest BCUT2D eigenvalue weighted by molar-refractivity contribution is 9.08. The van der Waals surface area contributed by atoms with Crippen molar-refractivity contribution < 1.29 is 4.39 Å². The van der Waals surface area contributed by atoms with Crippen LogP contribution in [0.4, 0.5) is 4.39 Å². The molecule has 0 saturated heterocycles. The molecule has 1 heterocycles. The van der Waals surface area contributed by atoms with Crippen molar-refractivity contribution in [1.29, 1.82) is 0 Å². The highest BCUT2D eigenvalue weighted by atomic mass is 79.9. The zero-order chi connectivity index (χ0) is 13.1. The highest BCUT2D eigenvalue weighted by Crippen LogP contribution is 2.24. The summed E-state index contributed by atoms with van der Waals surface area (Å²) in [5.41, 5.74) is 0.685. The zero-order valence-corrected chi connectivity index (χ0v) is 12.2. The van der Waals surface area contributed by atoms with Gasteiger partial charge in [-0.3, -0.25) is 0 Å². The molecule has 0 aliphatic carbocycles. The van der Waals surface area contributed by atoms with E-state index in [-0.39, 0.29) is 5.02 Å². The van der Waals surface area contributed by atoms with Crippen molar-refractivity contribution >= 4 is 27.5 Å². The molecule has 0 spiro atoms. The monoisotopic (exact) mass is 331 g/mol. The van der Waals surface area contributed by atoms with Crippen molar-refractivity contribution in [3.05, 3.63) is 34.9 Å². The van der Waals surface area contributed by atoms with Gasteiger partial charge in [0.1, 0.15) is 11.6 Å². The summed E-state index contributed by atoms with van der Waals surface area (Å²) < 4.78 is 15.5. The lowest BCUT2D eigenvalue weighted by Crippen LogP contribution is -2.04. The molecule has 2 aromatic rings. The zero-order valence-electron chi connectivity index (χ0n) is 9.83. The molecule has 0 bridgehead atoms. The Morgan fingerprint density at radius 3 is 2.78 bits per heavy atom. The Morgan fingerprint density at radius 1 is 1.39 bits per heavy atom. The van der Waals surface area contributed by atoms with E-state index in [4.69, 9.17) is 11.6 Å². The molecule has 1 aromatic carbocycles. The Labute approximate surface area is 118 Å². The lowest BCUT2D eigenvalue weighted by molar-refractivity contribution is 0.627. The molecular weight excluding hydrogens is 321 g/mol. The standard InChI is InChI=1S/C12H12BrClFN3/c1-2-5-18-11(7-13)16-17-12(18)8-3-4-9(14)10(15)6-8/h3-4,6H,2,5,7H2,1H3. The first kappa shape index (κ1) is 13.5. The number of aromatic nitrogens is 3. The molecule has 1 aromatic heterocycles. The third-order valence-corrected chi connectivity index (χ3v) is 3.38. The number of hydrogen-bond acceptors (Lipinski definition) is 2. The molecule has 0 amide bonds. The summed E-state index contributed by atoms with van der Waals surface area (Å²) in [7, 11) is 0. The lowest BCUT2D eigenvalue weighted by atomic mass is 10.2. The number of rotatable bonds is 4. The van der Waals surface area contributed by atoms with Gasteiger partial charge < -0.3 is 4.57 Å². The van der Waals surface area contributed by atoms with Crippen molar-refractivity contribution in [2.24, 2.45) is 0 Å². The van der Waals surface area contributed by atoms with Crippen molar-refractivity contribution in [3.63, 3.8) is 0 Å². The maximum Gasteiger partial charge on any atom is 0.164 e. The van der Waals surface area contributed by atoms with Crippen molar-refractivity contribution in [1.82, 2.24) is 14.8 Å². The van der Waals surface area contributed by atoms with Gasteiger partial charge in [-0.25, -0.2) is 4.39 Å². The van der Waals surface area contributed by atoms with Gasteiger partial charge in [0.2, 0.25) is 0 Å². The van der Waals surface area contributed by atoms with Crippen LogP contribution in [0.25, 0.3) is 11.4 Å². The van der Waals surface area contributed by atoms with E-state index in [9.17, 15) is 4.39 Å². The summed E-state index contributed by atoms with van der Waals surface area (Å²) >= 11 is 9.05. The summed E-state index contributed by atoms with van der Waals surface area (Å²) in [6, 6.07) is 4.67. The fourth-order valence-corrected chi connectivity index (χ4v) is 2.27. The van der Waals surface area contributed by atoms with E-state index in [1.807, 2.05) is 4.57 Å². The van der Waals surface area contributed by atoms with Crippen LogP contribution in [-0.4, -0.2) is 14.8 Å². The molecule has 96 valence electrons. The van der Waals surface area contributed by atoms with Gasteiger partial charge >= 0.3 is 0 Å². The second kappa shape index (κ2) is 5.80. The summed E-state index contributed by atoms with van der Waals surface area (Å²) in [4.78, 5) is 0. The molecule has 3 nitrogen and oxygen atoms in total. The molecule has 18 heavy (non-hydrogen) atoms. The second-order valence-electron chi connectivity index (χ2n) is 3.85. The summed E-state index contributed by atoms with van der Waals surface area (Å²) in [5.74, 6) is 1.06. The molecule has 0 unspecified atom stereocenters. The van der Waals surface area contributed by atoms with E-state index in [1.165, 1.54) is 12.1 Å². The predicted octanol–water partition coefficient (Wildman–Crippen LogP) is 4.04. The third-order valence-electron chi connectivity index (χ3n) is 2.57. The number of alkyl halides is 1. The van der Waals surface area contributed by atoms with E-state index in [2.05, 4.69) is 33.1 Å². The van der Waals surface area contributed by atoms with Gasteiger partial charge in [-0.05, 0) is 24.6 Å². The van der Waals surface area contributed by atoms with Crippen LogP contribution < -0.4 is 0 Å². The topological polar surface area (TPSA) is 30.7 Å². The normalized spacial score (nSPS) is 10.9. The van der Waals surface area contributed by atoms with Crippen LogP contribution in [0.1, 0.15) is 19.2 Å². The van der Waals surface area contributed by atoms with E-state index >= 15 is 0 Å². The number of hydrogen-bond donors (Lipinski definition) is 0. The Balaban J connectivity index is 2.49. The van der Waals surface area contributed by atoms with Crippen molar-refractivity contribution in [2.75, 3.05) is 0 Å². The SMILES string of the molecule is CCCn1c(CBr)nnc1-c1ccc(Cl)c(F)c1. The predicted molar refractivity (Wildman–Crippen MR) is 73.3 cm³/mol. The first-order chi connectivity index (χ1) is 8.67. The Kier molecular flexibility index (Phi) is 4.35. The van der Waals surface area contributed by atoms with Crippen LogP contribution in [0, 0.1) is 5.82 Å². The fraction of sp³-hybridized carbons (Fsp3) is 0.333. The molecule has 0 aliphatic heterocycles. The van der Waals surface area contributed by atoms with E-state index in [1.54, 1.807) is 6.07 Å².